The first kappa shape index (κ1) is 77.0. The van der Waals surface area contributed by atoms with Crippen LogP contribution in [0.1, 0.15) is 142 Å². The number of methoxy groups -OCH3 is 2. The molecular formula is C104H110O10. The van der Waals surface area contributed by atoms with Gasteiger partial charge in [-0.2, -0.15) is 0 Å². The number of rotatable bonds is 48. The average molecular weight is 1520 g/mol. The Kier molecular flexibility index (Phi) is 24.6. The van der Waals surface area contributed by atoms with Crippen molar-refractivity contribution in [2.45, 2.75) is 142 Å². The van der Waals surface area contributed by atoms with Crippen molar-refractivity contribution < 1.29 is 47.4 Å². The van der Waals surface area contributed by atoms with Crippen molar-refractivity contribution in [3.63, 3.8) is 0 Å². The summed E-state index contributed by atoms with van der Waals surface area (Å²) in [7, 11) is 3.36. The third-order valence-corrected chi connectivity index (χ3v) is 24.3. The molecule has 17 rings (SSSR count). The molecule has 0 atom stereocenters. The lowest BCUT2D eigenvalue weighted by Gasteiger charge is -2.30. The predicted molar refractivity (Wildman–Crippen MR) is 478 cm³/mol. The van der Waals surface area contributed by atoms with Crippen molar-refractivity contribution in [1.82, 2.24) is 0 Å². The fourth-order valence-corrected chi connectivity index (χ4v) is 18.7. The number of hydrogen-bond donors (Lipinski definition) is 0. The molecule has 0 saturated carbocycles. The molecular weight excluding hydrogens is 1410 g/mol. The smallest absolute Gasteiger partial charge is 0.119 e. The second kappa shape index (κ2) is 36.5. The third kappa shape index (κ3) is 15.8. The van der Waals surface area contributed by atoms with Crippen LogP contribution in [0.5, 0.6) is 23.0 Å². The normalized spacial score (nSPS) is 12.4. The Morgan fingerprint density at radius 3 is 0.623 bits per heavy atom. The highest BCUT2D eigenvalue weighted by atomic mass is 16.6. The van der Waals surface area contributed by atoms with Crippen LogP contribution in [0, 0.1) is 0 Å². The van der Waals surface area contributed by atoms with Gasteiger partial charge in [-0.25, -0.2) is 0 Å². The van der Waals surface area contributed by atoms with Gasteiger partial charge in [0.15, 0.2) is 0 Å². The molecule has 0 aromatic heterocycles. The molecule has 0 spiro atoms. The highest BCUT2D eigenvalue weighted by molar-refractivity contribution is 6.61. The molecule has 0 unspecified atom stereocenters. The molecule has 0 aliphatic rings. The quantitative estimate of drug-likeness (QED) is 0.0209. The van der Waals surface area contributed by atoms with Gasteiger partial charge >= 0.3 is 0 Å². The minimum Gasteiger partial charge on any atom is -0.494 e. The van der Waals surface area contributed by atoms with Crippen molar-refractivity contribution in [2.24, 2.45) is 0 Å². The molecule has 10 heteroatoms. The van der Waals surface area contributed by atoms with Crippen LogP contribution < -0.4 is 18.9 Å². The second-order valence-electron chi connectivity index (χ2n) is 31.8. The van der Waals surface area contributed by atoms with Gasteiger partial charge in [0.25, 0.3) is 0 Å². The van der Waals surface area contributed by atoms with E-state index in [9.17, 15) is 0 Å². The van der Waals surface area contributed by atoms with Crippen molar-refractivity contribution >= 4 is 129 Å². The summed E-state index contributed by atoms with van der Waals surface area (Å²) in [4.78, 5) is 0. The van der Waals surface area contributed by atoms with E-state index in [1.165, 1.54) is 267 Å². The Hall–Kier alpha value is -9.62. The largest absolute Gasteiger partial charge is 0.494 e. The maximum atomic E-state index is 6.53. The molecule has 586 valence electrons. The summed E-state index contributed by atoms with van der Waals surface area (Å²) in [6.07, 6.45) is 26.0. The lowest BCUT2D eigenvalue weighted by atomic mass is 9.72. The highest BCUT2D eigenvalue weighted by Gasteiger charge is 2.33. The predicted octanol–water partition coefficient (Wildman–Crippen LogP) is 27.5. The summed E-state index contributed by atoms with van der Waals surface area (Å²) in [5.41, 5.74) is 9.26. The minimum atomic E-state index is 0.432. The molecule has 0 N–H and O–H groups in total. The second-order valence-corrected chi connectivity index (χ2v) is 31.8. The van der Waals surface area contributed by atoms with Crippen LogP contribution in [-0.4, -0.2) is 107 Å². The van der Waals surface area contributed by atoms with E-state index in [0.717, 1.165) is 71.3 Å². The lowest BCUT2D eigenvalue weighted by molar-refractivity contribution is 0.0180. The van der Waals surface area contributed by atoms with E-state index in [4.69, 9.17) is 47.4 Å². The van der Waals surface area contributed by atoms with E-state index in [1.807, 2.05) is 0 Å². The zero-order valence-corrected chi connectivity index (χ0v) is 67.4. The van der Waals surface area contributed by atoms with Crippen LogP contribution in [0.4, 0.5) is 0 Å². The standard InChI is InChI=1S/C104H110O10/c1-5-7-9-11-13-15-17-19-21-23-47-111-77-39-31-69(32-40-77)73-61-85-81-27-25-29-83-87-63-75(71-35-43-79(44-36-71)113-59-57-109-55-53-107-51-49-105-3)67-91-92-68-76(72-37-45-80(46-38-72)114-60-58-110-56-54-108-52-50-106-4)64-88-84-30-26-28-82-86-62-74(70-33-41-78(42-34-70)112-48-24-22-20-18-16-14-12-10-8-6-2)66-90-89(65-73)95(85)101-99(93(81)83)103(97(87)91)104(98(88)92)100(94(82)84)102(101)96(86)90/h25-46,61-68H,5-24,47-60H2,1-4H3. The summed E-state index contributed by atoms with van der Waals surface area (Å²) in [6, 6.07) is 69.7. The van der Waals surface area contributed by atoms with E-state index >= 15 is 0 Å². The summed E-state index contributed by atoms with van der Waals surface area (Å²) in [5.74, 6) is 3.45. The van der Waals surface area contributed by atoms with Crippen molar-refractivity contribution in [2.75, 3.05) is 107 Å². The van der Waals surface area contributed by atoms with Crippen LogP contribution in [-0.2, 0) is 28.4 Å². The molecule has 0 heterocycles. The monoisotopic (exact) mass is 1520 g/mol. The van der Waals surface area contributed by atoms with Crippen LogP contribution in [0.2, 0.25) is 0 Å². The molecule has 114 heavy (non-hydrogen) atoms. The maximum Gasteiger partial charge on any atom is 0.119 e. The number of unbranched alkanes of at least 4 members (excludes halogenated alkanes) is 18. The van der Waals surface area contributed by atoms with Gasteiger partial charge in [0, 0.05) is 14.2 Å². The summed E-state index contributed by atoms with van der Waals surface area (Å²) < 4.78 is 58.9. The van der Waals surface area contributed by atoms with Crippen molar-refractivity contribution in [1.29, 1.82) is 0 Å². The molecule has 0 saturated heterocycles. The average Bonchev–Trinajstić information content (AvgIpc) is 0.642. The number of fused-ring (bicyclic) bond motifs is 6. The van der Waals surface area contributed by atoms with Gasteiger partial charge in [0.05, 0.1) is 79.3 Å². The first-order valence-corrected chi connectivity index (χ1v) is 43.0. The Morgan fingerprint density at radius 2 is 0.377 bits per heavy atom. The zero-order valence-electron chi connectivity index (χ0n) is 67.4. The summed E-state index contributed by atoms with van der Waals surface area (Å²) in [6.45, 7) is 12.1. The van der Waals surface area contributed by atoms with Crippen LogP contribution >= 0.6 is 0 Å². The van der Waals surface area contributed by atoms with Crippen molar-refractivity contribution in [3.8, 4) is 67.5 Å². The van der Waals surface area contributed by atoms with Gasteiger partial charge in [0.1, 0.15) is 36.2 Å². The molecule has 10 nitrogen and oxygen atoms in total. The number of hydrogen-bond acceptors (Lipinski definition) is 10. The fourth-order valence-electron chi connectivity index (χ4n) is 18.7. The minimum absolute atomic E-state index is 0.432. The molecule has 0 amide bonds. The van der Waals surface area contributed by atoms with Gasteiger partial charge in [-0.05, 0) is 284 Å². The lowest BCUT2D eigenvalue weighted by Crippen LogP contribution is -2.12. The Balaban J connectivity index is 0.816. The van der Waals surface area contributed by atoms with E-state index in [0.29, 0.717) is 79.3 Å². The van der Waals surface area contributed by atoms with Crippen LogP contribution in [0.15, 0.2) is 182 Å². The fraction of sp³-hybridized carbons (Fsp3) is 0.365. The number of benzene rings is 17. The Labute approximate surface area is 671 Å². The molecule has 17 aromatic rings. The first-order valence-electron chi connectivity index (χ1n) is 43.0. The van der Waals surface area contributed by atoms with E-state index in [1.54, 1.807) is 14.2 Å². The number of ether oxygens (including phenoxy) is 10. The van der Waals surface area contributed by atoms with Gasteiger partial charge in [-0.3, -0.25) is 0 Å². The first-order chi connectivity index (χ1) is 56.5. The molecule has 17 aromatic carbocycles. The van der Waals surface area contributed by atoms with Crippen molar-refractivity contribution in [3.05, 3.63) is 182 Å². The van der Waals surface area contributed by atoms with Crippen LogP contribution in [0.3, 0.4) is 0 Å². The molecule has 0 aliphatic heterocycles. The molecule has 0 aliphatic carbocycles. The SMILES string of the molecule is CCCCCCCCCCCCOc1ccc(-c2cc3c4cccc5c6cc(-c7ccc(OCCOCCOCCOC)cc7)cc7c8cc(-c9ccc(OCCOCCOCCOC)cc9)cc9c%10cccc%11c%12cc(-c%13ccc(OCCCCCCCCCCCC)cc%13)cc%13c(c2)c3c2c(c45)c(c67)c(c98)c(c%11%10)c2c%12%13)cc1. The maximum absolute atomic E-state index is 6.53. The summed E-state index contributed by atoms with van der Waals surface area (Å²) >= 11 is 0. The van der Waals surface area contributed by atoms with Gasteiger partial charge in [-0.15, -0.1) is 0 Å². The van der Waals surface area contributed by atoms with Gasteiger partial charge in [-0.1, -0.05) is 214 Å². The van der Waals surface area contributed by atoms with Gasteiger partial charge < -0.3 is 47.4 Å². The molecule has 0 bridgehead atoms. The van der Waals surface area contributed by atoms with E-state index in [-0.39, 0.29) is 0 Å². The molecule has 0 radical (unpaired) electrons. The molecule has 0 fully saturated rings. The topological polar surface area (TPSA) is 92.3 Å². The van der Waals surface area contributed by atoms with E-state index in [2.05, 4.69) is 196 Å². The van der Waals surface area contributed by atoms with Gasteiger partial charge in [0.2, 0.25) is 0 Å². The van der Waals surface area contributed by atoms with E-state index < -0.39 is 0 Å². The van der Waals surface area contributed by atoms with Crippen LogP contribution in [0.25, 0.3) is 174 Å². The zero-order chi connectivity index (χ0) is 77.1. The Bertz CT molecular complexity index is 5420. The summed E-state index contributed by atoms with van der Waals surface area (Å²) in [5, 5.41) is 31.2. The Morgan fingerprint density at radius 1 is 0.175 bits per heavy atom. The third-order valence-electron chi connectivity index (χ3n) is 24.3. The highest BCUT2D eigenvalue weighted by Crippen LogP contribution is 2.62.